The Morgan fingerprint density at radius 3 is 2.18 bits per heavy atom. The quantitative estimate of drug-likeness (QED) is 0.335. The molecule has 1 aromatic carbocycles. The summed E-state index contributed by atoms with van der Waals surface area (Å²) in [7, 11) is 1.47. The Balaban J connectivity index is 1.68. The predicted molar refractivity (Wildman–Crippen MR) is 130 cm³/mol. The summed E-state index contributed by atoms with van der Waals surface area (Å²) in [5, 5.41) is 10.4. The van der Waals surface area contributed by atoms with Crippen LogP contribution in [-0.4, -0.2) is 58.7 Å². The van der Waals surface area contributed by atoms with E-state index in [1.165, 1.54) is 16.9 Å². The number of carbonyl (C=O) groups is 4. The molecule has 1 N–H and O–H groups in total. The zero-order valence-corrected chi connectivity index (χ0v) is 21.4. The van der Waals surface area contributed by atoms with Gasteiger partial charge in [0.15, 0.2) is 11.5 Å². The number of phenols is 1. The summed E-state index contributed by atoms with van der Waals surface area (Å²) < 4.78 is 5.96. The van der Waals surface area contributed by atoms with Crippen LogP contribution < -0.4 is 4.74 Å². The van der Waals surface area contributed by atoms with Crippen LogP contribution in [0.3, 0.4) is 0 Å². The summed E-state index contributed by atoms with van der Waals surface area (Å²) in [6, 6.07) is 3.54. The molecule has 0 spiro atoms. The highest BCUT2D eigenvalue weighted by molar-refractivity contribution is 14.1. The molecule has 5 rings (SSSR count). The number of allylic oxidation sites excluding steroid dienone is 2. The topological polar surface area (TPSA) is 104 Å². The molecule has 2 saturated heterocycles. The Morgan fingerprint density at radius 2 is 1.56 bits per heavy atom. The molecule has 4 amide bonds. The fourth-order valence-electron chi connectivity index (χ4n) is 6.65. The molecule has 34 heavy (non-hydrogen) atoms. The zero-order chi connectivity index (χ0) is 24.5. The fourth-order valence-corrected chi connectivity index (χ4v) is 7.27. The molecule has 8 nitrogen and oxygen atoms in total. The van der Waals surface area contributed by atoms with Gasteiger partial charge in [0.2, 0.25) is 23.6 Å². The molecule has 0 bridgehead atoms. The molecule has 0 radical (unpaired) electrons. The van der Waals surface area contributed by atoms with E-state index in [4.69, 9.17) is 4.74 Å². The second-order valence-corrected chi connectivity index (χ2v) is 10.6. The van der Waals surface area contributed by atoms with Gasteiger partial charge < -0.3 is 9.84 Å². The van der Waals surface area contributed by atoms with Gasteiger partial charge in [0.05, 0.1) is 34.4 Å². The van der Waals surface area contributed by atoms with E-state index in [1.54, 1.807) is 19.9 Å². The van der Waals surface area contributed by atoms with Crippen LogP contribution in [0.4, 0.5) is 0 Å². The maximum Gasteiger partial charge on any atom is 0.234 e. The lowest BCUT2D eigenvalue weighted by molar-refractivity contribution is -0.141. The minimum atomic E-state index is -0.578. The summed E-state index contributed by atoms with van der Waals surface area (Å²) >= 11 is 2.02. The van der Waals surface area contributed by atoms with Crippen molar-refractivity contribution < 1.29 is 29.0 Å². The Hall–Kier alpha value is -2.43. The van der Waals surface area contributed by atoms with Gasteiger partial charge in [0.1, 0.15) is 0 Å². The minimum Gasteiger partial charge on any atom is -0.504 e. The first kappa shape index (κ1) is 23.3. The van der Waals surface area contributed by atoms with Crippen molar-refractivity contribution in [2.75, 3.05) is 20.2 Å². The summed E-state index contributed by atoms with van der Waals surface area (Å²) in [6.45, 7) is 4.21. The zero-order valence-electron chi connectivity index (χ0n) is 19.3. The normalized spacial score (nSPS) is 32.5. The van der Waals surface area contributed by atoms with Crippen molar-refractivity contribution in [3.63, 3.8) is 0 Å². The van der Waals surface area contributed by atoms with E-state index in [0.29, 0.717) is 35.3 Å². The van der Waals surface area contributed by atoms with E-state index in [2.05, 4.69) is 0 Å². The number of rotatable bonds is 4. The van der Waals surface area contributed by atoms with Crippen molar-refractivity contribution >= 4 is 46.2 Å². The van der Waals surface area contributed by atoms with Gasteiger partial charge in [0, 0.05) is 19.0 Å². The minimum absolute atomic E-state index is 0.0209. The summed E-state index contributed by atoms with van der Waals surface area (Å²) in [5.41, 5.74) is 1.72. The van der Waals surface area contributed by atoms with Gasteiger partial charge in [-0.2, -0.15) is 0 Å². The van der Waals surface area contributed by atoms with Gasteiger partial charge in [-0.1, -0.05) is 11.6 Å². The first-order chi connectivity index (χ1) is 16.2. The van der Waals surface area contributed by atoms with E-state index in [0.717, 1.165) is 11.1 Å². The number of fused-ring (bicyclic) bond motifs is 4. The molecule has 1 aromatic rings. The van der Waals surface area contributed by atoms with E-state index >= 15 is 0 Å². The number of hydrogen-bond acceptors (Lipinski definition) is 6. The summed E-state index contributed by atoms with van der Waals surface area (Å²) in [4.78, 5) is 55.6. The van der Waals surface area contributed by atoms with Crippen LogP contribution >= 0.6 is 22.6 Å². The maximum atomic E-state index is 13.5. The molecule has 3 fully saturated rings. The van der Waals surface area contributed by atoms with Crippen LogP contribution in [0.15, 0.2) is 23.8 Å². The average molecular weight is 578 g/mol. The molecule has 2 aliphatic carbocycles. The Kier molecular flexibility index (Phi) is 5.73. The molecular formula is C25H27IN2O6. The number of methoxy groups -OCH3 is 1. The monoisotopic (exact) mass is 578 g/mol. The van der Waals surface area contributed by atoms with Crippen molar-refractivity contribution in [1.29, 1.82) is 0 Å². The van der Waals surface area contributed by atoms with Crippen molar-refractivity contribution in [3.05, 3.63) is 32.9 Å². The number of carbonyl (C=O) groups excluding carboxylic acids is 4. The molecule has 2 aliphatic heterocycles. The molecule has 2 heterocycles. The van der Waals surface area contributed by atoms with Crippen LogP contribution in [0.5, 0.6) is 11.5 Å². The van der Waals surface area contributed by atoms with Crippen molar-refractivity contribution in [3.8, 4) is 11.5 Å². The van der Waals surface area contributed by atoms with Crippen LogP contribution in [0.1, 0.15) is 38.2 Å². The Morgan fingerprint density at radius 1 is 0.941 bits per heavy atom. The van der Waals surface area contributed by atoms with Crippen LogP contribution in [-0.2, 0) is 19.2 Å². The second kappa shape index (κ2) is 8.35. The van der Waals surface area contributed by atoms with Gasteiger partial charge in [-0.15, -0.1) is 0 Å². The summed E-state index contributed by atoms with van der Waals surface area (Å²) in [6.07, 6.45) is 2.85. The highest BCUT2D eigenvalue weighted by atomic mass is 127. The SMILES string of the molecule is CCN1C(=O)[C@H]2[C@H](CC=C3[C@H]2C[C@H]2C(=O)N(CC)C(=O)[C@H]2[C@H]3c2cc(I)c(O)c(OC)c2)C1=O. The number of amides is 4. The lowest BCUT2D eigenvalue weighted by Gasteiger charge is -2.44. The van der Waals surface area contributed by atoms with E-state index < -0.39 is 29.6 Å². The molecular weight excluding hydrogens is 551 g/mol. The Bertz CT molecular complexity index is 1150. The molecule has 180 valence electrons. The largest absolute Gasteiger partial charge is 0.504 e. The third-order valence-electron chi connectivity index (χ3n) is 8.09. The number of imide groups is 2. The second-order valence-electron chi connectivity index (χ2n) is 9.42. The first-order valence-corrected chi connectivity index (χ1v) is 12.8. The van der Waals surface area contributed by atoms with E-state index in [-0.39, 0.29) is 35.3 Å². The molecule has 9 heteroatoms. The number of halogens is 1. The van der Waals surface area contributed by atoms with Crippen molar-refractivity contribution in [2.45, 2.75) is 32.6 Å². The highest BCUT2D eigenvalue weighted by Crippen LogP contribution is 2.58. The Labute approximate surface area is 211 Å². The van der Waals surface area contributed by atoms with Gasteiger partial charge in [-0.05, 0) is 72.9 Å². The maximum absolute atomic E-state index is 13.5. The molecule has 0 aromatic heterocycles. The first-order valence-electron chi connectivity index (χ1n) is 11.7. The van der Waals surface area contributed by atoms with Gasteiger partial charge >= 0.3 is 0 Å². The van der Waals surface area contributed by atoms with Crippen LogP contribution in [0.2, 0.25) is 0 Å². The average Bonchev–Trinajstić information content (AvgIpc) is 3.22. The van der Waals surface area contributed by atoms with E-state index in [1.807, 2.05) is 34.7 Å². The van der Waals surface area contributed by atoms with Crippen molar-refractivity contribution in [1.82, 2.24) is 9.80 Å². The predicted octanol–water partition coefficient (Wildman–Crippen LogP) is 2.68. The van der Waals surface area contributed by atoms with Gasteiger partial charge in [0.25, 0.3) is 0 Å². The highest BCUT2D eigenvalue weighted by Gasteiger charge is 2.61. The number of nitrogens with zero attached hydrogens (tertiary/aromatic N) is 2. The number of phenolic OH excluding ortho intramolecular Hbond substituents is 1. The standard InChI is InChI=1S/C25H27IN2O6/c1-4-27-22(30)13-7-6-12-14(19(13)24(27)32)10-15-20(25(33)28(5-2)23(15)31)18(12)11-8-16(26)21(29)17(9-11)34-3/h6,8-9,13-15,18-20,29H,4-5,7,10H2,1-3H3/t13-,14+,15+,18-,19-,20+/m0/s1. The smallest absolute Gasteiger partial charge is 0.234 e. The van der Waals surface area contributed by atoms with Crippen molar-refractivity contribution in [2.24, 2.45) is 29.6 Å². The lowest BCUT2D eigenvalue weighted by atomic mass is 9.57. The number of likely N-dealkylation sites (tertiary alicyclic amines) is 2. The third kappa shape index (κ3) is 3.08. The molecule has 1 saturated carbocycles. The van der Waals surface area contributed by atoms with E-state index in [9.17, 15) is 24.3 Å². The molecule has 4 aliphatic rings. The summed E-state index contributed by atoms with van der Waals surface area (Å²) in [5.74, 6) is -3.17. The van der Waals surface area contributed by atoms with Crippen LogP contribution in [0.25, 0.3) is 0 Å². The number of hydrogen-bond donors (Lipinski definition) is 1. The van der Waals surface area contributed by atoms with Gasteiger partial charge in [-0.3, -0.25) is 29.0 Å². The number of aromatic hydroxyl groups is 1. The third-order valence-corrected chi connectivity index (χ3v) is 8.92. The fraction of sp³-hybridized carbons (Fsp3) is 0.520. The molecule has 6 atom stereocenters. The van der Waals surface area contributed by atoms with Crippen LogP contribution in [0, 0.1) is 33.2 Å². The lowest BCUT2D eigenvalue weighted by Crippen LogP contribution is -2.43. The number of ether oxygens (including phenoxy) is 1. The molecule has 0 unspecified atom stereocenters. The van der Waals surface area contributed by atoms with Gasteiger partial charge in [-0.25, -0.2) is 0 Å². The number of benzene rings is 1.